The van der Waals surface area contributed by atoms with Crippen LogP contribution in [0.5, 0.6) is 11.5 Å². The van der Waals surface area contributed by atoms with Crippen LogP contribution in [-0.2, 0) is 19.5 Å². The summed E-state index contributed by atoms with van der Waals surface area (Å²) in [5.74, 6) is 2.19. The lowest BCUT2D eigenvalue weighted by atomic mass is 9.99. The molecular weight excluding hydrogens is 574 g/mol. The van der Waals surface area contributed by atoms with Gasteiger partial charge in [-0.1, -0.05) is 41.9 Å². The Bertz CT molecular complexity index is 1780. The third kappa shape index (κ3) is 6.61. The number of halogens is 1. The van der Waals surface area contributed by atoms with Gasteiger partial charge in [0.25, 0.3) is 5.91 Å². The molecule has 0 aliphatic carbocycles. The largest absolute Gasteiger partial charge is 0.493 e. The molecule has 44 heavy (non-hydrogen) atoms. The van der Waals surface area contributed by atoms with Gasteiger partial charge in [-0.3, -0.25) is 9.69 Å². The lowest BCUT2D eigenvalue weighted by Gasteiger charge is -2.29. The Morgan fingerprint density at radius 2 is 1.61 bits per heavy atom. The highest BCUT2D eigenvalue weighted by molar-refractivity contribution is 6.30. The molecule has 0 spiro atoms. The molecule has 224 valence electrons. The van der Waals surface area contributed by atoms with Crippen LogP contribution in [0.3, 0.4) is 0 Å². The fourth-order valence-electron chi connectivity index (χ4n) is 5.54. The molecule has 0 fully saturated rings. The number of benzene rings is 4. The number of rotatable bonds is 10. The molecule has 0 atom stereocenters. The SMILES string of the molecule is COc1cc2c(cc1OC)CN(CCNC(=O)c1ccc(-c3ccc4ncnc(NCc5ccc(Cl)cc5)c4c3)cc1)CC2. The van der Waals surface area contributed by atoms with Crippen LogP contribution in [0, 0.1) is 0 Å². The van der Waals surface area contributed by atoms with E-state index in [1.807, 2.05) is 60.7 Å². The Labute approximate surface area is 262 Å². The quantitative estimate of drug-likeness (QED) is 0.191. The van der Waals surface area contributed by atoms with Gasteiger partial charge in [-0.25, -0.2) is 9.97 Å². The third-order valence-electron chi connectivity index (χ3n) is 8.00. The van der Waals surface area contributed by atoms with E-state index < -0.39 is 0 Å². The Kier molecular flexibility index (Phi) is 8.91. The van der Waals surface area contributed by atoms with Crippen molar-refractivity contribution in [3.8, 4) is 22.6 Å². The second-order valence-corrected chi connectivity index (χ2v) is 11.2. The van der Waals surface area contributed by atoms with Crippen molar-refractivity contribution in [1.29, 1.82) is 0 Å². The number of carbonyl (C=O) groups is 1. The molecule has 8 nitrogen and oxygen atoms in total. The zero-order valence-corrected chi connectivity index (χ0v) is 25.5. The molecule has 1 aliphatic rings. The van der Waals surface area contributed by atoms with Gasteiger partial charge in [0.1, 0.15) is 12.1 Å². The van der Waals surface area contributed by atoms with Gasteiger partial charge in [-0.05, 0) is 82.8 Å². The number of amides is 1. The monoisotopic (exact) mass is 607 g/mol. The zero-order chi connectivity index (χ0) is 30.5. The number of nitrogens with zero attached hydrogens (tertiary/aromatic N) is 3. The minimum atomic E-state index is -0.0824. The summed E-state index contributed by atoms with van der Waals surface area (Å²) < 4.78 is 10.9. The molecule has 0 saturated heterocycles. The van der Waals surface area contributed by atoms with Crippen LogP contribution >= 0.6 is 11.6 Å². The van der Waals surface area contributed by atoms with E-state index in [4.69, 9.17) is 21.1 Å². The van der Waals surface area contributed by atoms with Crippen molar-refractivity contribution in [2.24, 2.45) is 0 Å². The highest BCUT2D eigenvalue weighted by atomic mass is 35.5. The summed E-state index contributed by atoms with van der Waals surface area (Å²) in [6.45, 7) is 3.70. The summed E-state index contributed by atoms with van der Waals surface area (Å²) >= 11 is 6.02. The van der Waals surface area contributed by atoms with Gasteiger partial charge in [0, 0.05) is 48.7 Å². The molecular formula is C35H34ClN5O3. The van der Waals surface area contributed by atoms with E-state index in [0.29, 0.717) is 23.7 Å². The number of methoxy groups -OCH3 is 2. The van der Waals surface area contributed by atoms with Crippen molar-refractivity contribution in [1.82, 2.24) is 20.2 Å². The first-order chi connectivity index (χ1) is 21.5. The lowest BCUT2D eigenvalue weighted by Crippen LogP contribution is -2.37. The Hall–Kier alpha value is -4.66. The topological polar surface area (TPSA) is 88.6 Å². The molecule has 2 N–H and O–H groups in total. The fourth-order valence-corrected chi connectivity index (χ4v) is 5.67. The summed E-state index contributed by atoms with van der Waals surface area (Å²) in [4.78, 5) is 24.2. The van der Waals surface area contributed by atoms with Gasteiger partial charge < -0.3 is 20.1 Å². The number of aromatic nitrogens is 2. The van der Waals surface area contributed by atoms with Gasteiger partial charge >= 0.3 is 0 Å². The van der Waals surface area contributed by atoms with Gasteiger partial charge in [0.15, 0.2) is 11.5 Å². The fraction of sp³-hybridized carbons (Fsp3) is 0.229. The Balaban J connectivity index is 1.06. The molecule has 5 aromatic rings. The molecule has 2 heterocycles. The maximum absolute atomic E-state index is 12.9. The molecule has 1 aliphatic heterocycles. The molecule has 6 rings (SSSR count). The van der Waals surface area contributed by atoms with Crippen LogP contribution in [0.2, 0.25) is 5.02 Å². The van der Waals surface area contributed by atoms with Crippen molar-refractivity contribution in [3.63, 3.8) is 0 Å². The summed E-state index contributed by atoms with van der Waals surface area (Å²) in [5.41, 5.74) is 7.14. The lowest BCUT2D eigenvalue weighted by molar-refractivity contribution is 0.0947. The van der Waals surface area contributed by atoms with Crippen molar-refractivity contribution >= 4 is 34.2 Å². The van der Waals surface area contributed by atoms with Crippen molar-refractivity contribution in [3.05, 3.63) is 112 Å². The van der Waals surface area contributed by atoms with Gasteiger partial charge in [-0.15, -0.1) is 0 Å². The van der Waals surface area contributed by atoms with Gasteiger partial charge in [0.05, 0.1) is 19.7 Å². The molecule has 4 aromatic carbocycles. The zero-order valence-electron chi connectivity index (χ0n) is 24.8. The van der Waals surface area contributed by atoms with E-state index in [0.717, 1.165) is 71.0 Å². The molecule has 0 radical (unpaired) electrons. The van der Waals surface area contributed by atoms with Crippen molar-refractivity contribution < 1.29 is 14.3 Å². The normalized spacial score (nSPS) is 12.9. The number of anilines is 1. The first kappa shape index (κ1) is 29.4. The van der Waals surface area contributed by atoms with E-state index >= 15 is 0 Å². The first-order valence-corrected chi connectivity index (χ1v) is 15.0. The van der Waals surface area contributed by atoms with Crippen LogP contribution in [0.15, 0.2) is 85.2 Å². The molecule has 1 aromatic heterocycles. The number of nitrogens with one attached hydrogen (secondary N) is 2. The van der Waals surface area contributed by atoms with Crippen molar-refractivity contribution in [2.45, 2.75) is 19.5 Å². The maximum atomic E-state index is 12.9. The first-order valence-electron chi connectivity index (χ1n) is 14.6. The standard InChI is InChI=1S/C35H34ClN5O3/c1-43-32-18-27-13-15-41(21-28(27)19-33(32)44-2)16-14-37-35(42)25-7-5-24(6-8-25)26-9-12-31-30(17-26)34(40-22-39-31)38-20-23-3-10-29(36)11-4-23/h3-12,17-19,22H,13-16,20-21H2,1-2H3,(H,37,42)(H,38,39,40). The average Bonchev–Trinajstić information content (AvgIpc) is 3.07. The van der Waals surface area contributed by atoms with E-state index in [-0.39, 0.29) is 5.91 Å². The third-order valence-corrected chi connectivity index (χ3v) is 8.25. The minimum absolute atomic E-state index is 0.0824. The van der Waals surface area contributed by atoms with E-state index in [2.05, 4.69) is 43.7 Å². The van der Waals surface area contributed by atoms with E-state index in [1.54, 1.807) is 20.5 Å². The summed E-state index contributed by atoms with van der Waals surface area (Å²) in [7, 11) is 3.32. The van der Waals surface area contributed by atoms with Crippen LogP contribution in [0.25, 0.3) is 22.0 Å². The number of hydrogen-bond donors (Lipinski definition) is 2. The van der Waals surface area contributed by atoms with E-state index in [9.17, 15) is 4.79 Å². The highest BCUT2D eigenvalue weighted by Gasteiger charge is 2.19. The second-order valence-electron chi connectivity index (χ2n) is 10.8. The van der Waals surface area contributed by atoms with Crippen LogP contribution < -0.4 is 20.1 Å². The average molecular weight is 608 g/mol. The van der Waals surface area contributed by atoms with Crippen LogP contribution in [0.4, 0.5) is 5.82 Å². The maximum Gasteiger partial charge on any atom is 0.251 e. The van der Waals surface area contributed by atoms with Crippen LogP contribution in [0.1, 0.15) is 27.0 Å². The van der Waals surface area contributed by atoms with Crippen molar-refractivity contribution in [2.75, 3.05) is 39.2 Å². The van der Waals surface area contributed by atoms with Gasteiger partial charge in [-0.2, -0.15) is 0 Å². The van der Waals surface area contributed by atoms with E-state index in [1.165, 1.54) is 11.1 Å². The summed E-state index contributed by atoms with van der Waals surface area (Å²) in [6, 6.07) is 25.7. The molecule has 9 heteroatoms. The van der Waals surface area contributed by atoms with Gasteiger partial charge in [0.2, 0.25) is 0 Å². The number of ether oxygens (including phenoxy) is 2. The Morgan fingerprint density at radius 3 is 2.36 bits per heavy atom. The second kappa shape index (κ2) is 13.3. The minimum Gasteiger partial charge on any atom is -0.493 e. The highest BCUT2D eigenvalue weighted by Crippen LogP contribution is 2.33. The smallest absolute Gasteiger partial charge is 0.251 e. The molecule has 0 saturated carbocycles. The summed E-state index contributed by atoms with van der Waals surface area (Å²) in [5, 5.41) is 8.14. The Morgan fingerprint density at radius 1 is 0.886 bits per heavy atom. The summed E-state index contributed by atoms with van der Waals surface area (Å²) in [6.07, 6.45) is 2.50. The predicted octanol–water partition coefficient (Wildman–Crippen LogP) is 6.37. The molecule has 1 amide bonds. The number of carbonyl (C=O) groups excluding carboxylic acids is 1. The van der Waals surface area contributed by atoms with Crippen LogP contribution in [-0.4, -0.2) is 54.6 Å². The molecule has 0 unspecified atom stereocenters. The molecule has 0 bridgehead atoms. The number of fused-ring (bicyclic) bond motifs is 2. The number of hydrogen-bond acceptors (Lipinski definition) is 7. The predicted molar refractivity (Wildman–Crippen MR) is 175 cm³/mol.